The molecule has 2 N–H and O–H groups in total. The molecule has 1 aliphatic heterocycles. The number of ketones is 1. The number of Topliss-reactive ketones (excluding diaryl/α,β-unsaturated/α-hetero) is 1. The van der Waals surface area contributed by atoms with Gasteiger partial charge in [-0.05, 0) is 6.07 Å². The molecule has 0 radical (unpaired) electrons. The second kappa shape index (κ2) is 3.96. The van der Waals surface area contributed by atoms with Crippen molar-refractivity contribution >= 4 is 17.4 Å². The van der Waals surface area contributed by atoms with Crippen molar-refractivity contribution < 1.29 is 14.7 Å². The molecule has 1 heterocycles. The van der Waals surface area contributed by atoms with Gasteiger partial charge in [-0.2, -0.15) is 0 Å². The Morgan fingerprint density at radius 2 is 2.06 bits per heavy atom. The number of nitrogens with one attached hydrogen (secondary N) is 1. The van der Waals surface area contributed by atoms with Gasteiger partial charge in [0, 0.05) is 23.6 Å². The number of hydrogen-bond donors (Lipinski definition) is 2. The number of benzene rings is 1. The maximum absolute atomic E-state index is 11.8. The number of rotatable bonds is 3. The molecule has 0 aromatic heterocycles. The second-order valence-corrected chi connectivity index (χ2v) is 4.66. The lowest BCUT2D eigenvalue weighted by Gasteiger charge is -2.20. The van der Waals surface area contributed by atoms with E-state index in [0.717, 1.165) is 0 Å². The Hall–Kier alpha value is -1.68. The van der Waals surface area contributed by atoms with Gasteiger partial charge in [-0.3, -0.25) is 9.59 Å². The van der Waals surface area contributed by atoms with E-state index in [-0.39, 0.29) is 18.1 Å². The van der Waals surface area contributed by atoms with Crippen molar-refractivity contribution in [3.05, 3.63) is 29.8 Å². The zero-order chi connectivity index (χ0) is 12.6. The lowest BCUT2D eigenvalue weighted by atomic mass is 9.87. The Bertz CT molecular complexity index is 481. The minimum absolute atomic E-state index is 0.126. The Morgan fingerprint density at radius 1 is 1.41 bits per heavy atom. The number of para-hydroxylation sites is 1. The van der Waals surface area contributed by atoms with E-state index in [9.17, 15) is 14.7 Å². The minimum Gasteiger partial charge on any atom is -0.375 e. The Balaban J connectivity index is 2.37. The fourth-order valence-electron chi connectivity index (χ4n) is 1.93. The summed E-state index contributed by atoms with van der Waals surface area (Å²) in [6.45, 7) is 3.51. The van der Waals surface area contributed by atoms with Crippen LogP contribution in [0.25, 0.3) is 0 Å². The van der Waals surface area contributed by atoms with Gasteiger partial charge in [0.05, 0.1) is 0 Å². The average molecular weight is 233 g/mol. The first kappa shape index (κ1) is 11.8. The molecule has 0 unspecified atom stereocenters. The van der Waals surface area contributed by atoms with E-state index in [2.05, 4.69) is 5.32 Å². The van der Waals surface area contributed by atoms with Crippen molar-refractivity contribution in [3.63, 3.8) is 0 Å². The third kappa shape index (κ3) is 1.85. The molecule has 0 bridgehead atoms. The predicted molar refractivity (Wildman–Crippen MR) is 63.4 cm³/mol. The summed E-state index contributed by atoms with van der Waals surface area (Å²) in [6, 6.07) is 6.89. The Kier molecular flexibility index (Phi) is 2.75. The molecule has 4 heteroatoms. The standard InChI is InChI=1S/C13H15NO3/c1-8(2)11(15)7-13(17)9-5-3-4-6-10(9)14-12(13)16/h3-6,8,17H,7H2,1-2H3,(H,14,16)/t13-/m1/s1. The maximum atomic E-state index is 11.8. The van der Waals surface area contributed by atoms with Gasteiger partial charge in [-0.15, -0.1) is 0 Å². The van der Waals surface area contributed by atoms with E-state index in [1.165, 1.54) is 0 Å². The molecule has 0 saturated heterocycles. The third-order valence-corrected chi connectivity index (χ3v) is 3.07. The van der Waals surface area contributed by atoms with Gasteiger partial charge in [0.15, 0.2) is 5.60 Å². The zero-order valence-electron chi connectivity index (χ0n) is 9.86. The first-order valence-corrected chi connectivity index (χ1v) is 5.61. The fourth-order valence-corrected chi connectivity index (χ4v) is 1.93. The summed E-state index contributed by atoms with van der Waals surface area (Å²) in [4.78, 5) is 23.5. The Labute approximate surface area is 99.6 Å². The van der Waals surface area contributed by atoms with Gasteiger partial charge in [-0.1, -0.05) is 32.0 Å². The van der Waals surface area contributed by atoms with E-state index in [0.29, 0.717) is 11.3 Å². The number of anilines is 1. The molecule has 0 saturated carbocycles. The summed E-state index contributed by atoms with van der Waals surface area (Å²) in [5.74, 6) is -0.841. The molecule has 4 nitrogen and oxygen atoms in total. The van der Waals surface area contributed by atoms with Crippen LogP contribution in [0.3, 0.4) is 0 Å². The van der Waals surface area contributed by atoms with Crippen LogP contribution in [0.4, 0.5) is 5.69 Å². The van der Waals surface area contributed by atoms with E-state index in [4.69, 9.17) is 0 Å². The highest BCUT2D eigenvalue weighted by Gasteiger charge is 2.46. The van der Waals surface area contributed by atoms with E-state index < -0.39 is 11.5 Å². The molecule has 1 aromatic rings. The van der Waals surface area contributed by atoms with Gasteiger partial charge in [0.2, 0.25) is 0 Å². The first-order chi connectivity index (χ1) is 7.95. The molecule has 1 atom stereocenters. The Morgan fingerprint density at radius 3 is 2.71 bits per heavy atom. The van der Waals surface area contributed by atoms with Crippen LogP contribution in [0.2, 0.25) is 0 Å². The molecule has 1 aromatic carbocycles. The van der Waals surface area contributed by atoms with Crippen molar-refractivity contribution in [3.8, 4) is 0 Å². The van der Waals surface area contributed by atoms with E-state index in [1.54, 1.807) is 38.1 Å². The number of aliphatic hydroxyl groups is 1. The van der Waals surface area contributed by atoms with Gasteiger partial charge >= 0.3 is 0 Å². The van der Waals surface area contributed by atoms with Crippen LogP contribution in [-0.4, -0.2) is 16.8 Å². The van der Waals surface area contributed by atoms with Crippen molar-refractivity contribution in [2.24, 2.45) is 5.92 Å². The van der Waals surface area contributed by atoms with E-state index >= 15 is 0 Å². The van der Waals surface area contributed by atoms with Gasteiger partial charge < -0.3 is 10.4 Å². The van der Waals surface area contributed by atoms with Gasteiger partial charge in [0.25, 0.3) is 5.91 Å². The molecular formula is C13H15NO3. The first-order valence-electron chi connectivity index (χ1n) is 5.61. The molecule has 0 fully saturated rings. The topological polar surface area (TPSA) is 66.4 Å². The van der Waals surface area contributed by atoms with Crippen LogP contribution in [-0.2, 0) is 15.2 Å². The lowest BCUT2D eigenvalue weighted by Crippen LogP contribution is -2.37. The monoisotopic (exact) mass is 233 g/mol. The van der Waals surface area contributed by atoms with E-state index in [1.807, 2.05) is 0 Å². The van der Waals surface area contributed by atoms with Gasteiger partial charge in [0.1, 0.15) is 5.78 Å². The molecular weight excluding hydrogens is 218 g/mol. The number of hydrogen-bond acceptors (Lipinski definition) is 3. The summed E-state index contributed by atoms with van der Waals surface area (Å²) in [7, 11) is 0. The van der Waals surface area contributed by atoms with Crippen LogP contribution in [0.5, 0.6) is 0 Å². The predicted octanol–water partition coefficient (Wildman–Crippen LogP) is 1.44. The highest BCUT2D eigenvalue weighted by molar-refractivity contribution is 6.07. The summed E-state index contributed by atoms with van der Waals surface area (Å²) < 4.78 is 0. The number of amides is 1. The summed E-state index contributed by atoms with van der Waals surface area (Å²) in [6.07, 6.45) is -0.173. The number of carbonyl (C=O) groups excluding carboxylic acids is 2. The van der Waals surface area contributed by atoms with Crippen molar-refractivity contribution in [2.75, 3.05) is 5.32 Å². The number of carbonyl (C=O) groups is 2. The largest absolute Gasteiger partial charge is 0.375 e. The highest BCUT2D eigenvalue weighted by atomic mass is 16.3. The SMILES string of the molecule is CC(C)C(=O)C[C@]1(O)C(=O)Nc2ccccc21. The molecule has 2 rings (SSSR count). The van der Waals surface area contributed by atoms with Crippen molar-refractivity contribution in [1.82, 2.24) is 0 Å². The molecule has 1 aliphatic rings. The smallest absolute Gasteiger partial charge is 0.261 e. The molecule has 17 heavy (non-hydrogen) atoms. The molecule has 1 amide bonds. The average Bonchev–Trinajstić information content (AvgIpc) is 2.52. The maximum Gasteiger partial charge on any atom is 0.261 e. The zero-order valence-corrected chi connectivity index (χ0v) is 9.86. The summed E-state index contributed by atoms with van der Waals surface area (Å²) in [5, 5.41) is 13.0. The third-order valence-electron chi connectivity index (χ3n) is 3.07. The van der Waals surface area contributed by atoms with Gasteiger partial charge in [-0.25, -0.2) is 0 Å². The highest BCUT2D eigenvalue weighted by Crippen LogP contribution is 2.38. The minimum atomic E-state index is -1.71. The summed E-state index contributed by atoms with van der Waals surface area (Å²) >= 11 is 0. The van der Waals surface area contributed by atoms with Crippen molar-refractivity contribution in [1.29, 1.82) is 0 Å². The molecule has 0 aliphatic carbocycles. The summed E-state index contributed by atoms with van der Waals surface area (Å²) in [5.41, 5.74) is -0.645. The van der Waals surface area contributed by atoms with Crippen LogP contribution >= 0.6 is 0 Å². The van der Waals surface area contributed by atoms with Crippen molar-refractivity contribution in [2.45, 2.75) is 25.9 Å². The van der Waals surface area contributed by atoms with Crippen LogP contribution < -0.4 is 5.32 Å². The quantitative estimate of drug-likeness (QED) is 0.830. The lowest BCUT2D eigenvalue weighted by molar-refractivity contribution is -0.141. The number of fused-ring (bicyclic) bond motifs is 1. The molecule has 0 spiro atoms. The van der Waals surface area contributed by atoms with Crippen LogP contribution in [0, 0.1) is 5.92 Å². The van der Waals surface area contributed by atoms with Crippen LogP contribution in [0.15, 0.2) is 24.3 Å². The fraction of sp³-hybridized carbons (Fsp3) is 0.385. The normalized spacial score (nSPS) is 22.5. The van der Waals surface area contributed by atoms with Crippen LogP contribution in [0.1, 0.15) is 25.8 Å². The second-order valence-electron chi connectivity index (χ2n) is 4.66. The molecule has 90 valence electrons.